The number of carbonyl (C=O) groups is 1. The van der Waals surface area contributed by atoms with Crippen LogP contribution in [0, 0.1) is 18.8 Å². The highest BCUT2D eigenvalue weighted by atomic mass is 16.1. The predicted octanol–water partition coefficient (Wildman–Crippen LogP) is 2.78. The summed E-state index contributed by atoms with van der Waals surface area (Å²) in [6.45, 7) is 2.31. The van der Waals surface area contributed by atoms with Gasteiger partial charge < -0.3 is 5.32 Å². The van der Waals surface area contributed by atoms with Crippen molar-refractivity contribution >= 4 is 5.91 Å². The van der Waals surface area contributed by atoms with E-state index in [-0.39, 0.29) is 5.91 Å². The van der Waals surface area contributed by atoms with Crippen LogP contribution in [0.5, 0.6) is 0 Å². The van der Waals surface area contributed by atoms with E-state index in [2.05, 4.69) is 17.2 Å². The molecule has 0 unspecified atom stereocenters. The zero-order valence-corrected chi connectivity index (χ0v) is 10.8. The molecule has 0 saturated heterocycles. The summed E-state index contributed by atoms with van der Waals surface area (Å²) >= 11 is 0. The maximum Gasteiger partial charge on any atom is 0.252 e. The van der Waals surface area contributed by atoms with Crippen LogP contribution in [0.25, 0.3) is 0 Å². The minimum Gasteiger partial charge on any atom is -0.341 e. The summed E-state index contributed by atoms with van der Waals surface area (Å²) in [6, 6.07) is 17.2. The molecule has 2 heteroatoms. The Morgan fingerprint density at radius 3 is 2.63 bits per heavy atom. The Morgan fingerprint density at radius 1 is 1.11 bits per heavy atom. The van der Waals surface area contributed by atoms with Gasteiger partial charge in [-0.15, -0.1) is 0 Å². The number of hydrogen-bond donors (Lipinski definition) is 1. The molecule has 2 aromatic carbocycles. The van der Waals surface area contributed by atoms with Crippen LogP contribution in [0.15, 0.2) is 54.6 Å². The molecule has 2 rings (SSSR count). The molecule has 0 radical (unpaired) electrons. The van der Waals surface area contributed by atoms with Crippen molar-refractivity contribution in [2.45, 2.75) is 6.92 Å². The zero-order chi connectivity index (χ0) is 13.5. The van der Waals surface area contributed by atoms with Crippen molar-refractivity contribution in [2.75, 3.05) is 6.54 Å². The first-order valence-corrected chi connectivity index (χ1v) is 6.14. The lowest BCUT2D eigenvalue weighted by molar-refractivity contribution is 0.0958. The number of aryl methyl sites for hydroxylation is 1. The molecule has 19 heavy (non-hydrogen) atoms. The van der Waals surface area contributed by atoms with Gasteiger partial charge in [0, 0.05) is 11.1 Å². The molecule has 0 atom stereocenters. The highest BCUT2D eigenvalue weighted by Gasteiger charge is 2.02. The second-order valence-corrected chi connectivity index (χ2v) is 4.22. The summed E-state index contributed by atoms with van der Waals surface area (Å²) < 4.78 is 0. The van der Waals surface area contributed by atoms with E-state index in [1.54, 1.807) is 6.07 Å². The molecule has 0 aliphatic heterocycles. The van der Waals surface area contributed by atoms with Crippen molar-refractivity contribution in [1.82, 2.24) is 5.32 Å². The largest absolute Gasteiger partial charge is 0.341 e. The number of nitrogens with one attached hydrogen (secondary N) is 1. The Bertz CT molecular complexity index is 620. The summed E-state index contributed by atoms with van der Waals surface area (Å²) in [4.78, 5) is 11.8. The van der Waals surface area contributed by atoms with Gasteiger partial charge in [0.25, 0.3) is 5.91 Å². The van der Waals surface area contributed by atoms with Gasteiger partial charge in [-0.25, -0.2) is 0 Å². The van der Waals surface area contributed by atoms with Gasteiger partial charge in [0.15, 0.2) is 0 Å². The number of carbonyl (C=O) groups excluding carboxylic acids is 1. The van der Waals surface area contributed by atoms with Gasteiger partial charge >= 0.3 is 0 Å². The summed E-state index contributed by atoms with van der Waals surface area (Å²) in [5.41, 5.74) is 2.69. The molecule has 0 fully saturated rings. The van der Waals surface area contributed by atoms with Crippen LogP contribution in [0.3, 0.4) is 0 Å². The van der Waals surface area contributed by atoms with Crippen molar-refractivity contribution in [3.63, 3.8) is 0 Å². The molecule has 0 heterocycles. The molecule has 0 bridgehead atoms. The summed E-state index contributed by atoms with van der Waals surface area (Å²) in [5, 5.41) is 2.78. The summed E-state index contributed by atoms with van der Waals surface area (Å²) in [6.07, 6.45) is 0. The molecule has 0 aliphatic rings. The van der Waals surface area contributed by atoms with E-state index in [1.807, 2.05) is 55.5 Å². The third-order valence-electron chi connectivity index (χ3n) is 2.62. The van der Waals surface area contributed by atoms with Crippen LogP contribution in [0.4, 0.5) is 0 Å². The van der Waals surface area contributed by atoms with Gasteiger partial charge in [-0.05, 0) is 31.2 Å². The van der Waals surface area contributed by atoms with Crippen LogP contribution in [0.1, 0.15) is 21.5 Å². The Morgan fingerprint density at radius 2 is 1.89 bits per heavy atom. The van der Waals surface area contributed by atoms with Crippen molar-refractivity contribution in [2.24, 2.45) is 0 Å². The monoisotopic (exact) mass is 249 g/mol. The van der Waals surface area contributed by atoms with E-state index in [4.69, 9.17) is 0 Å². The van der Waals surface area contributed by atoms with E-state index in [1.165, 1.54) is 0 Å². The number of hydrogen-bond acceptors (Lipinski definition) is 1. The van der Waals surface area contributed by atoms with Gasteiger partial charge in [0.05, 0.1) is 6.54 Å². The highest BCUT2D eigenvalue weighted by Crippen LogP contribution is 2.03. The molecule has 0 spiro atoms. The molecule has 2 nitrogen and oxygen atoms in total. The van der Waals surface area contributed by atoms with Crippen LogP contribution in [-0.4, -0.2) is 12.5 Å². The first kappa shape index (κ1) is 12.9. The third kappa shape index (κ3) is 4.01. The summed E-state index contributed by atoms with van der Waals surface area (Å²) in [7, 11) is 0. The molecule has 1 N–H and O–H groups in total. The molecule has 0 saturated carbocycles. The summed E-state index contributed by atoms with van der Waals surface area (Å²) in [5.74, 6) is 5.84. The lowest BCUT2D eigenvalue weighted by Gasteiger charge is -2.01. The van der Waals surface area contributed by atoms with Crippen molar-refractivity contribution < 1.29 is 4.79 Å². The van der Waals surface area contributed by atoms with Gasteiger partial charge in [0.1, 0.15) is 0 Å². The molecule has 94 valence electrons. The first-order chi connectivity index (χ1) is 9.25. The second kappa shape index (κ2) is 6.42. The minimum absolute atomic E-state index is 0.0916. The first-order valence-electron chi connectivity index (χ1n) is 6.14. The lowest BCUT2D eigenvalue weighted by atomic mass is 10.1. The average Bonchev–Trinajstić information content (AvgIpc) is 2.44. The van der Waals surface area contributed by atoms with Gasteiger partial charge in [-0.1, -0.05) is 47.7 Å². The zero-order valence-electron chi connectivity index (χ0n) is 10.8. The van der Waals surface area contributed by atoms with Gasteiger partial charge in [0.2, 0.25) is 0 Å². The maximum atomic E-state index is 11.8. The van der Waals surface area contributed by atoms with Crippen molar-refractivity contribution in [3.8, 4) is 11.8 Å². The van der Waals surface area contributed by atoms with E-state index in [9.17, 15) is 4.79 Å². The van der Waals surface area contributed by atoms with E-state index < -0.39 is 0 Å². The van der Waals surface area contributed by atoms with Gasteiger partial charge in [-0.2, -0.15) is 0 Å². The van der Waals surface area contributed by atoms with Crippen molar-refractivity contribution in [3.05, 3.63) is 71.3 Å². The van der Waals surface area contributed by atoms with Crippen LogP contribution in [0.2, 0.25) is 0 Å². The predicted molar refractivity (Wildman–Crippen MR) is 76.8 cm³/mol. The minimum atomic E-state index is -0.0916. The Hall–Kier alpha value is -2.53. The fraction of sp³-hybridized carbons (Fsp3) is 0.118. The normalized spacial score (nSPS) is 9.32. The molecular formula is C17H15NO. The Balaban J connectivity index is 1.90. The highest BCUT2D eigenvalue weighted by molar-refractivity contribution is 5.94. The maximum absolute atomic E-state index is 11.8. The molecule has 2 aromatic rings. The smallest absolute Gasteiger partial charge is 0.252 e. The number of amides is 1. The average molecular weight is 249 g/mol. The standard InChI is InChI=1S/C17H15NO/c1-14-7-5-11-16(13-14)17(19)18-12-6-10-15-8-3-2-4-9-15/h2-5,7-9,11,13H,12H2,1H3,(H,18,19). The van der Waals surface area contributed by atoms with Crippen LogP contribution < -0.4 is 5.32 Å². The van der Waals surface area contributed by atoms with E-state index in [0.29, 0.717) is 12.1 Å². The fourth-order valence-corrected chi connectivity index (χ4v) is 1.68. The number of rotatable bonds is 2. The molecule has 0 aliphatic carbocycles. The lowest BCUT2D eigenvalue weighted by Crippen LogP contribution is -2.23. The van der Waals surface area contributed by atoms with Crippen LogP contribution in [-0.2, 0) is 0 Å². The van der Waals surface area contributed by atoms with Gasteiger partial charge in [-0.3, -0.25) is 4.79 Å². The molecule has 1 amide bonds. The second-order valence-electron chi connectivity index (χ2n) is 4.22. The Labute approximate surface area is 113 Å². The van der Waals surface area contributed by atoms with E-state index >= 15 is 0 Å². The number of benzene rings is 2. The third-order valence-corrected chi connectivity index (χ3v) is 2.62. The van der Waals surface area contributed by atoms with E-state index in [0.717, 1.165) is 11.1 Å². The SMILES string of the molecule is Cc1cccc(C(=O)NCC#Cc2ccccc2)c1. The Kier molecular flexibility index (Phi) is 4.36. The molecule has 0 aromatic heterocycles. The topological polar surface area (TPSA) is 29.1 Å². The quantitative estimate of drug-likeness (QED) is 0.815. The fourth-order valence-electron chi connectivity index (χ4n) is 1.68. The van der Waals surface area contributed by atoms with Crippen molar-refractivity contribution in [1.29, 1.82) is 0 Å². The van der Waals surface area contributed by atoms with Crippen LogP contribution >= 0.6 is 0 Å². The molecular weight excluding hydrogens is 234 g/mol.